The highest BCUT2D eigenvalue weighted by molar-refractivity contribution is 9.09. The molecule has 4 nitrogen and oxygen atoms in total. The number of rotatable bonds is 5. The molecule has 17 heavy (non-hydrogen) atoms. The molecule has 0 spiro atoms. The van der Waals surface area contributed by atoms with E-state index in [1.807, 2.05) is 0 Å². The average molecular weight is 372 g/mol. The lowest BCUT2D eigenvalue weighted by atomic mass is 10.3. The van der Waals surface area contributed by atoms with E-state index in [9.17, 15) is 4.79 Å². The van der Waals surface area contributed by atoms with E-state index in [0.717, 1.165) is 23.0 Å². The molecule has 1 aromatic rings. The van der Waals surface area contributed by atoms with Crippen LogP contribution in [0, 0.1) is 0 Å². The standard InChI is InChI=1S/C6H6O4.C5H10Br2/c7-2-4-1-5(8)6(9)3-10-4;6-4-2-1-3-5-7/h1,3,7,9H,2H2;1-5H2. The van der Waals surface area contributed by atoms with Crippen molar-refractivity contribution >= 4 is 31.9 Å². The summed E-state index contributed by atoms with van der Waals surface area (Å²) in [6.07, 6.45) is 4.86. The van der Waals surface area contributed by atoms with Crippen molar-refractivity contribution in [1.82, 2.24) is 0 Å². The average Bonchev–Trinajstić information content (AvgIpc) is 2.34. The number of aliphatic hydroxyl groups excluding tert-OH is 1. The molecule has 0 radical (unpaired) electrons. The van der Waals surface area contributed by atoms with Gasteiger partial charge in [0.05, 0.1) is 0 Å². The van der Waals surface area contributed by atoms with Crippen molar-refractivity contribution in [3.8, 4) is 5.75 Å². The van der Waals surface area contributed by atoms with Crippen LogP contribution in [-0.2, 0) is 6.61 Å². The molecule has 0 atom stereocenters. The normalized spacial score (nSPS) is 9.59. The van der Waals surface area contributed by atoms with Crippen LogP contribution in [0.5, 0.6) is 5.75 Å². The van der Waals surface area contributed by atoms with E-state index in [1.54, 1.807) is 0 Å². The predicted octanol–water partition coefficient (Wildman–Crippen LogP) is 2.78. The van der Waals surface area contributed by atoms with Gasteiger partial charge >= 0.3 is 0 Å². The van der Waals surface area contributed by atoms with Crippen molar-refractivity contribution in [1.29, 1.82) is 0 Å². The lowest BCUT2D eigenvalue weighted by Gasteiger charge is -1.92. The van der Waals surface area contributed by atoms with E-state index in [0.29, 0.717) is 0 Å². The zero-order valence-corrected chi connectivity index (χ0v) is 12.5. The van der Waals surface area contributed by atoms with Crippen LogP contribution in [0.1, 0.15) is 25.0 Å². The second-order valence-corrected chi connectivity index (χ2v) is 4.78. The van der Waals surface area contributed by atoms with Crippen molar-refractivity contribution in [2.75, 3.05) is 10.7 Å². The van der Waals surface area contributed by atoms with Gasteiger partial charge in [0.15, 0.2) is 5.75 Å². The molecule has 98 valence electrons. The summed E-state index contributed by atoms with van der Waals surface area (Å²) in [6, 6.07) is 1.04. The molecule has 0 saturated carbocycles. The summed E-state index contributed by atoms with van der Waals surface area (Å²) in [7, 11) is 0. The van der Waals surface area contributed by atoms with Gasteiger partial charge in [0, 0.05) is 16.7 Å². The molecule has 0 bridgehead atoms. The molecule has 0 aliphatic rings. The Kier molecular flexibility index (Phi) is 10.6. The lowest BCUT2D eigenvalue weighted by Crippen LogP contribution is -1.99. The van der Waals surface area contributed by atoms with Crippen LogP contribution in [0.3, 0.4) is 0 Å². The molecule has 0 unspecified atom stereocenters. The Morgan fingerprint density at radius 1 is 1.18 bits per heavy atom. The minimum atomic E-state index is -0.546. The molecule has 0 amide bonds. The van der Waals surface area contributed by atoms with E-state index in [4.69, 9.17) is 10.2 Å². The maximum absolute atomic E-state index is 10.6. The third-order valence-corrected chi connectivity index (χ3v) is 2.91. The van der Waals surface area contributed by atoms with Gasteiger partial charge in [-0.05, 0) is 12.8 Å². The SMILES string of the molecule is BrCCCCCBr.O=c1cc(CO)occ1O. The molecular formula is C11H16Br2O4. The van der Waals surface area contributed by atoms with Gasteiger partial charge < -0.3 is 14.6 Å². The fourth-order valence-electron chi connectivity index (χ4n) is 0.892. The molecule has 1 heterocycles. The van der Waals surface area contributed by atoms with Gasteiger partial charge in [-0.1, -0.05) is 38.3 Å². The van der Waals surface area contributed by atoms with Gasteiger partial charge in [0.2, 0.25) is 5.43 Å². The highest BCUT2D eigenvalue weighted by atomic mass is 79.9. The first-order valence-electron chi connectivity index (χ1n) is 5.19. The van der Waals surface area contributed by atoms with Crippen LogP contribution >= 0.6 is 31.9 Å². The number of hydrogen-bond acceptors (Lipinski definition) is 4. The Balaban J connectivity index is 0.000000325. The van der Waals surface area contributed by atoms with E-state index in [2.05, 4.69) is 36.3 Å². The van der Waals surface area contributed by atoms with Crippen LogP contribution in [0.2, 0.25) is 0 Å². The highest BCUT2D eigenvalue weighted by Crippen LogP contribution is 2.02. The quantitative estimate of drug-likeness (QED) is 0.616. The summed E-state index contributed by atoms with van der Waals surface area (Å²) < 4.78 is 4.59. The monoisotopic (exact) mass is 370 g/mol. The Morgan fingerprint density at radius 3 is 2.18 bits per heavy atom. The summed E-state index contributed by atoms with van der Waals surface area (Å²) in [5, 5.41) is 19.4. The topological polar surface area (TPSA) is 70.7 Å². The molecule has 0 aromatic carbocycles. The van der Waals surface area contributed by atoms with Crippen molar-refractivity contribution in [3.63, 3.8) is 0 Å². The number of aromatic hydroxyl groups is 1. The minimum absolute atomic E-state index is 0.141. The molecular weight excluding hydrogens is 356 g/mol. The Hall–Kier alpha value is -0.330. The number of hydrogen-bond donors (Lipinski definition) is 2. The third kappa shape index (κ3) is 8.40. The molecule has 6 heteroatoms. The molecule has 1 aromatic heterocycles. The van der Waals surface area contributed by atoms with Crippen molar-refractivity contribution in [2.24, 2.45) is 0 Å². The number of unbranched alkanes of at least 4 members (excludes halogenated alkanes) is 2. The second-order valence-electron chi connectivity index (χ2n) is 3.19. The summed E-state index contributed by atoms with van der Waals surface area (Å²) in [5.41, 5.74) is -0.546. The van der Waals surface area contributed by atoms with Crippen molar-refractivity contribution in [3.05, 3.63) is 28.3 Å². The van der Waals surface area contributed by atoms with Crippen molar-refractivity contribution < 1.29 is 14.6 Å². The van der Waals surface area contributed by atoms with Crippen molar-refractivity contribution in [2.45, 2.75) is 25.9 Å². The Labute approximate surface area is 117 Å². The van der Waals surface area contributed by atoms with E-state index in [1.165, 1.54) is 19.3 Å². The predicted molar refractivity (Wildman–Crippen MR) is 74.0 cm³/mol. The Bertz CT molecular complexity index is 348. The largest absolute Gasteiger partial charge is 0.502 e. The van der Waals surface area contributed by atoms with Gasteiger partial charge in [0.25, 0.3) is 0 Å². The van der Waals surface area contributed by atoms with Crippen LogP contribution < -0.4 is 5.43 Å². The van der Waals surface area contributed by atoms with E-state index < -0.39 is 11.2 Å². The van der Waals surface area contributed by atoms with Crippen LogP contribution in [-0.4, -0.2) is 20.9 Å². The summed E-state index contributed by atoms with van der Waals surface area (Å²) >= 11 is 6.73. The molecule has 0 saturated heterocycles. The first kappa shape index (κ1) is 16.7. The van der Waals surface area contributed by atoms with Crippen LogP contribution in [0.15, 0.2) is 21.5 Å². The maximum atomic E-state index is 10.6. The smallest absolute Gasteiger partial charge is 0.226 e. The summed E-state index contributed by atoms with van der Waals surface area (Å²) in [5.74, 6) is -0.306. The van der Waals surface area contributed by atoms with Gasteiger partial charge in [-0.25, -0.2) is 0 Å². The summed E-state index contributed by atoms with van der Waals surface area (Å²) in [4.78, 5) is 10.6. The fraction of sp³-hybridized carbons (Fsp3) is 0.545. The number of halogens is 2. The maximum Gasteiger partial charge on any atom is 0.226 e. The van der Waals surface area contributed by atoms with Crippen LogP contribution in [0.4, 0.5) is 0 Å². The summed E-state index contributed by atoms with van der Waals surface area (Å²) in [6.45, 7) is -0.338. The highest BCUT2D eigenvalue weighted by Gasteiger charge is 1.98. The minimum Gasteiger partial charge on any atom is -0.502 e. The number of alkyl halides is 2. The van der Waals surface area contributed by atoms with Crippen LogP contribution in [0.25, 0.3) is 0 Å². The molecule has 0 aliphatic carbocycles. The molecule has 0 fully saturated rings. The number of aliphatic hydroxyl groups is 1. The van der Waals surface area contributed by atoms with Gasteiger partial charge in [-0.15, -0.1) is 0 Å². The first-order chi connectivity index (χ1) is 8.15. The zero-order chi connectivity index (χ0) is 13.1. The molecule has 1 rings (SSSR count). The zero-order valence-electron chi connectivity index (χ0n) is 9.36. The third-order valence-electron chi connectivity index (χ3n) is 1.79. The van der Waals surface area contributed by atoms with Gasteiger partial charge in [0.1, 0.15) is 18.6 Å². The fourth-order valence-corrected chi connectivity index (χ4v) is 1.69. The van der Waals surface area contributed by atoms with Gasteiger partial charge in [-0.2, -0.15) is 0 Å². The lowest BCUT2D eigenvalue weighted by molar-refractivity contribution is 0.241. The Morgan fingerprint density at radius 2 is 1.76 bits per heavy atom. The van der Waals surface area contributed by atoms with Gasteiger partial charge in [-0.3, -0.25) is 4.79 Å². The second kappa shape index (κ2) is 10.8. The van der Waals surface area contributed by atoms with E-state index >= 15 is 0 Å². The molecule has 0 aliphatic heterocycles. The van der Waals surface area contributed by atoms with E-state index in [-0.39, 0.29) is 12.4 Å². The molecule has 2 N–H and O–H groups in total. The first-order valence-corrected chi connectivity index (χ1v) is 7.43.